The maximum Gasteiger partial charge on any atom is 0.435 e. The molecule has 1 amide bonds. The molecule has 25 atom stereocenters. The van der Waals surface area contributed by atoms with Gasteiger partial charge in [0.15, 0.2) is 54.9 Å². The van der Waals surface area contributed by atoms with E-state index in [1.807, 2.05) is 17.5 Å². The lowest BCUT2D eigenvalue weighted by Gasteiger charge is -2.50. The van der Waals surface area contributed by atoms with Crippen LogP contribution in [0, 0.1) is 0 Å². The predicted octanol–water partition coefficient (Wildman–Crippen LogP) is -10.3. The Morgan fingerprint density at radius 2 is 0.938 bits per heavy atom. The molecule has 1 aromatic carbocycles. The monoisotopic (exact) mass is 2070 g/mol. The summed E-state index contributed by atoms with van der Waals surface area (Å²) in [4.78, 5) is 74.3. The van der Waals surface area contributed by atoms with Crippen LogP contribution >= 0.6 is 11.3 Å². The molecule has 0 bridgehead atoms. The summed E-state index contributed by atoms with van der Waals surface area (Å²) in [5.74, 6) is -5.28. The molecule has 130 heavy (non-hydrogen) atoms. The number of nitrogens with two attached hydrogens (primary N) is 1. The summed E-state index contributed by atoms with van der Waals surface area (Å²) in [6, 6.07) is -0.680. The second kappa shape index (κ2) is 46.5. The Morgan fingerprint density at radius 1 is 0.500 bits per heavy atom. The third kappa shape index (κ3) is 33.6. The first-order valence-corrected chi connectivity index (χ1v) is 48.8. The lowest BCUT2D eigenvalue weighted by molar-refractivity contribution is -0.373. The predicted molar refractivity (Wildman–Crippen MR) is 412 cm³/mol. The number of ether oxygens (including phenoxy) is 13. The number of amides is 1. The molecule has 6 aliphatic heterocycles. The number of hydrogen-bond donors (Lipinski definition) is 20. The number of thiazole rings is 1. The summed E-state index contributed by atoms with van der Waals surface area (Å²) < 4.78 is 362. The maximum atomic E-state index is 13.0. The van der Waals surface area contributed by atoms with Crippen LogP contribution in [0.4, 0.5) is 9.93 Å². The minimum absolute atomic E-state index is 0.0819. The summed E-state index contributed by atoms with van der Waals surface area (Å²) >= 11 is 1.52. The average Bonchev–Trinajstić information content (AvgIpc) is 0.995. The number of likely N-dealkylation sites (tertiary alicyclic amines) is 1. The lowest BCUT2D eigenvalue weighted by Crippen LogP contribution is -2.71. The molecule has 6 aliphatic rings. The zero-order chi connectivity index (χ0) is 97.6. The van der Waals surface area contributed by atoms with E-state index < -0.39 is 274 Å². The molecule has 63 nitrogen and oxygen atoms in total. The number of rotatable bonds is 42. The van der Waals surface area contributed by atoms with Crippen LogP contribution < -0.4 is 24.8 Å². The van der Waals surface area contributed by atoms with E-state index in [9.17, 15) is 164 Å². The van der Waals surface area contributed by atoms with E-state index in [1.165, 1.54) is 20.8 Å². The van der Waals surface area contributed by atoms with Crippen LogP contribution in [0.2, 0.25) is 0 Å². The molecule has 0 radical (unpaired) electrons. The zero-order valence-electron chi connectivity index (χ0n) is 66.7. The first-order valence-electron chi connectivity index (χ1n) is 36.8. The summed E-state index contributed by atoms with van der Waals surface area (Å²) in [5, 5.41) is 90.6. The Hall–Kier alpha value is -6.25. The highest BCUT2D eigenvalue weighted by atomic mass is 32.3. The van der Waals surface area contributed by atoms with Gasteiger partial charge < -0.3 is 113 Å². The number of nitrogens with one attached hydrogen (secondary N) is 3. The summed E-state index contributed by atoms with van der Waals surface area (Å²) in [6.45, 7) is 3.49. The van der Waals surface area contributed by atoms with Crippen molar-refractivity contribution in [2.24, 2.45) is 10.7 Å². The number of nitrogens with zero attached hydrogens (tertiary/aromatic N) is 4. The number of methoxy groups -OCH3 is 1. The van der Waals surface area contributed by atoms with Gasteiger partial charge in [-0.3, -0.25) is 50.9 Å². The van der Waals surface area contributed by atoms with Crippen molar-refractivity contribution in [2.75, 3.05) is 77.8 Å². The number of aliphatic hydroxyl groups excluding tert-OH is 6. The molecule has 7 heterocycles. The Kier molecular flexibility index (Phi) is 39.6. The molecule has 2 aromatic rings. The quantitative estimate of drug-likeness (QED) is 0.00965. The Morgan fingerprint density at radius 3 is 1.43 bits per heavy atom. The van der Waals surface area contributed by atoms with Gasteiger partial charge in [0.1, 0.15) is 109 Å². The lowest BCUT2D eigenvalue weighted by atomic mass is 9.94. The third-order valence-electron chi connectivity index (χ3n) is 18.6. The fourth-order valence-corrected chi connectivity index (χ4v) is 17.9. The second-order valence-electron chi connectivity index (χ2n) is 27.6. The molecular weight excluding hydrogens is 1980 g/mol. The van der Waals surface area contributed by atoms with Gasteiger partial charge in [0.05, 0.1) is 58.3 Å². The molecule has 0 aliphatic carbocycles. The molecule has 21 N–H and O–H groups in total. The fourth-order valence-electron chi connectivity index (χ4n) is 13.3. The standard InChI is InChI=1S/C31H53N3O49S8.C27H37N5O6S/c1-69-27-9(33-85(48,49)50)13(37)17(6(74-27)3-71-88(57,58)59)76-31-22(83-91(66,67)68)16(40)21(24(81-31)26(43)44)79-29-10(34-86(51,52)53)19(82-90(63,64)65)18(7(75-29)4-72-89(60,61)62)77-30-15(39)14(38)20(23(80-30)25(41)42)78-28-8(32-84(45,46)47)12(36)11(35)5(73-28)2-70-87(54,55)56;1-4-36-23(33)13-16-32(21-11-14-31(15-12-21)17-24(34)37-5-2)26-29-22(18-39-26)19-7-9-20(10-8-19)25(28)30-27(35)38-6-3/h5-24,27-40H,2-4H2,1H3,(H,41,42)(H,43,44)(H,45,46,47)(H,48,49,50)(H,51,52,53)(H,54,55,56)(H,57,58,59)(H,60,61,62)(H,63,64,65)(H,66,67,68);7-10,18,21H,4-6,11-17H2,1-3H3,(H2,28,30,35)/t5-,6-,7-,8-,9-,10-,11-,12-,13-,14-,15-,16+,17-,18-,19-,20+,21+,22-,23+,24-,27+,28-,29-,30-,31-;/m1./s1. The van der Waals surface area contributed by atoms with Crippen molar-refractivity contribution in [1.29, 1.82) is 0 Å². The number of aliphatic imine (C=N–C) groups is 1. The number of carboxylic acids is 2. The molecule has 0 spiro atoms. The number of carboxylic acid groups (broad SMARTS) is 2. The number of aliphatic carboxylic acids is 2. The van der Waals surface area contributed by atoms with E-state index in [0.717, 1.165) is 54.2 Å². The number of carbonyl (C=O) groups is 5. The molecule has 6 saturated heterocycles. The van der Waals surface area contributed by atoms with Gasteiger partial charge in [-0.15, -0.1) is 11.3 Å². The number of piperidine rings is 1. The highest BCUT2D eigenvalue weighted by molar-refractivity contribution is 7.84. The SMILES string of the molecule is CCOC(=O)CCN(c1nc(-c2ccc(/C(N)=N/C(=O)OCC)cc2)cs1)C1CCN(CC(=O)OCC)CC1.CO[C@H]1O[C@H](COS(=O)(=O)O)[C@@H](O[C@@H]2O[C@@H](C(=O)O)[C@@H](O[C@H]3O[C@H](COS(=O)(=O)O)[C@@H](O[C@@H]4O[C@H](C(=O)O)[C@@H](O[C@H]5O[C@H](COS(=O)(=O)O)[C@@H](O)[C@H](O)[C@H]5NS(=O)(=O)O)[C@H](O)[C@H]4O)[C@H](OS(=O)(=O)O)[C@H]3NS(=O)(=O)O)[C@H](O)[C@H]2OS(=O)(=O)O)[C@H](O)[C@H]1NS(=O)(=O)O. The van der Waals surface area contributed by atoms with Crippen molar-refractivity contribution in [3.63, 3.8) is 0 Å². The summed E-state index contributed by atoms with van der Waals surface area (Å²) in [5.41, 5.74) is 8.22. The minimum atomic E-state index is -6.36. The first-order chi connectivity index (χ1) is 60.0. The average molecular weight is 2070 g/mol. The number of amidine groups is 1. The van der Waals surface area contributed by atoms with Gasteiger partial charge in [-0.05, 0) is 33.6 Å². The number of esters is 2. The number of hydrogen-bond acceptors (Lipinski definition) is 49. The van der Waals surface area contributed by atoms with Crippen molar-refractivity contribution in [1.82, 2.24) is 24.1 Å². The molecule has 72 heteroatoms. The van der Waals surface area contributed by atoms with Gasteiger partial charge in [-0.25, -0.2) is 40.3 Å². The van der Waals surface area contributed by atoms with Crippen LogP contribution in [-0.2, 0) is 185 Å². The van der Waals surface area contributed by atoms with Gasteiger partial charge >= 0.3 is 113 Å². The van der Waals surface area contributed by atoms with E-state index in [-0.39, 0.29) is 43.4 Å². The largest absolute Gasteiger partial charge is 0.479 e. The van der Waals surface area contributed by atoms with Crippen LogP contribution in [-0.4, -0.2) is 423 Å². The molecule has 8 rings (SSSR count). The normalized spacial score (nSPS) is 31.4. The van der Waals surface area contributed by atoms with E-state index in [2.05, 4.69) is 35.7 Å². The van der Waals surface area contributed by atoms with Gasteiger partial charge in [-0.2, -0.15) is 86.5 Å². The van der Waals surface area contributed by atoms with Crippen LogP contribution in [0.5, 0.6) is 0 Å². The van der Waals surface area contributed by atoms with Gasteiger partial charge in [0.2, 0.25) is 0 Å². The van der Waals surface area contributed by atoms with Gasteiger partial charge in [0, 0.05) is 49.3 Å². The second-order valence-corrected chi connectivity index (χ2v) is 37.3. The van der Waals surface area contributed by atoms with Crippen molar-refractivity contribution in [3.8, 4) is 11.3 Å². The molecule has 1 aromatic heterocycles. The topological polar surface area (TPSA) is 942 Å². The van der Waals surface area contributed by atoms with Crippen molar-refractivity contribution < 1.29 is 251 Å². The number of benzene rings is 1. The Bertz CT molecular complexity index is 5170. The number of anilines is 1. The van der Waals surface area contributed by atoms with Crippen molar-refractivity contribution in [2.45, 2.75) is 199 Å². The molecular formula is C58H90N8O55S9. The number of carbonyl (C=O) groups excluding carboxylic acids is 3. The Labute approximate surface area is 740 Å². The zero-order valence-corrected chi connectivity index (χ0v) is 74.1. The maximum absolute atomic E-state index is 13.0. The highest BCUT2D eigenvalue weighted by Gasteiger charge is 2.62. The third-order valence-corrected chi connectivity index (χ3v) is 23.5. The fraction of sp³-hybridized carbons (Fsp3) is 0.741. The Balaban J connectivity index is 0.000000491. The molecule has 6 fully saturated rings. The van der Waals surface area contributed by atoms with Gasteiger partial charge in [-0.1, -0.05) is 24.3 Å². The van der Waals surface area contributed by atoms with Crippen molar-refractivity contribution >= 4 is 135 Å². The van der Waals surface area contributed by atoms with Gasteiger partial charge in [0.25, 0.3) is 0 Å². The molecule has 746 valence electrons. The highest BCUT2D eigenvalue weighted by Crippen LogP contribution is 2.40. The van der Waals surface area contributed by atoms with E-state index >= 15 is 0 Å². The van der Waals surface area contributed by atoms with Crippen LogP contribution in [0.15, 0.2) is 34.6 Å². The minimum Gasteiger partial charge on any atom is -0.479 e. The van der Waals surface area contributed by atoms with Crippen LogP contribution in [0.3, 0.4) is 0 Å². The van der Waals surface area contributed by atoms with E-state index in [4.69, 9.17) is 76.8 Å². The molecule has 0 unspecified atom stereocenters. The molecule has 0 saturated carbocycles. The van der Waals surface area contributed by atoms with Crippen LogP contribution in [0.1, 0.15) is 45.6 Å². The van der Waals surface area contributed by atoms with Crippen LogP contribution in [0.25, 0.3) is 11.3 Å². The van der Waals surface area contributed by atoms with Crippen molar-refractivity contribution in [3.05, 3.63) is 35.2 Å². The summed E-state index contributed by atoms with van der Waals surface area (Å²) in [6.07, 6.45) is -62.3. The van der Waals surface area contributed by atoms with E-state index in [1.54, 1.807) is 32.9 Å². The first kappa shape index (κ1) is 111. The smallest absolute Gasteiger partial charge is 0.435 e. The number of aliphatic hydroxyl groups is 6. The summed E-state index contributed by atoms with van der Waals surface area (Å²) in [7, 11) is -45.9. The van der Waals surface area contributed by atoms with E-state index in [0.29, 0.717) is 25.3 Å². The number of aromatic nitrogens is 1.